The first-order chi connectivity index (χ1) is 8.18. The van der Waals surface area contributed by atoms with Crippen molar-refractivity contribution < 1.29 is 9.21 Å². The normalized spacial score (nSPS) is 25.4. The Morgan fingerprint density at radius 1 is 1.41 bits per heavy atom. The van der Waals surface area contributed by atoms with Crippen LogP contribution in [0.3, 0.4) is 0 Å². The van der Waals surface area contributed by atoms with Crippen LogP contribution in [0.4, 0.5) is 0 Å². The molecule has 1 aromatic rings. The van der Waals surface area contributed by atoms with E-state index >= 15 is 0 Å². The van der Waals surface area contributed by atoms with Gasteiger partial charge in [-0.3, -0.25) is 4.79 Å². The minimum atomic E-state index is 0.0844. The summed E-state index contributed by atoms with van der Waals surface area (Å²) in [6.07, 6.45) is 8.37. The molecule has 3 heteroatoms. The van der Waals surface area contributed by atoms with Crippen LogP contribution in [-0.2, 0) is 4.79 Å². The summed E-state index contributed by atoms with van der Waals surface area (Å²) in [5.74, 6) is 0.803. The molecule has 2 atom stereocenters. The number of hydrogen-bond donors (Lipinski definition) is 0. The number of carbonyl (C=O) groups excluding carboxylic acids is 1. The molecule has 0 saturated carbocycles. The molecule has 2 heterocycles. The van der Waals surface area contributed by atoms with Gasteiger partial charge in [0.15, 0.2) is 0 Å². The van der Waals surface area contributed by atoms with Crippen LogP contribution in [0.1, 0.15) is 38.9 Å². The zero-order valence-corrected chi connectivity index (χ0v) is 10.4. The van der Waals surface area contributed by atoms with E-state index in [2.05, 4.69) is 13.8 Å². The second-order valence-electron chi connectivity index (χ2n) is 4.72. The number of rotatable bonds is 2. The van der Waals surface area contributed by atoms with Crippen LogP contribution in [0.15, 0.2) is 28.9 Å². The van der Waals surface area contributed by atoms with Gasteiger partial charge in [0.05, 0.1) is 6.26 Å². The molecule has 0 radical (unpaired) electrons. The highest BCUT2D eigenvalue weighted by Crippen LogP contribution is 2.22. The van der Waals surface area contributed by atoms with E-state index in [1.54, 1.807) is 18.4 Å². The van der Waals surface area contributed by atoms with Gasteiger partial charge in [-0.1, -0.05) is 0 Å². The highest BCUT2D eigenvalue weighted by molar-refractivity contribution is 5.91. The molecule has 2 rings (SSSR count). The van der Waals surface area contributed by atoms with Crippen molar-refractivity contribution in [1.29, 1.82) is 0 Å². The quantitative estimate of drug-likeness (QED) is 0.735. The maximum absolute atomic E-state index is 12.1. The molecule has 1 aromatic heterocycles. The Bertz CT molecular complexity index is 384. The third kappa shape index (κ3) is 2.78. The fourth-order valence-electron chi connectivity index (χ4n) is 2.48. The summed E-state index contributed by atoms with van der Waals surface area (Å²) in [6, 6.07) is 4.34. The van der Waals surface area contributed by atoms with E-state index in [9.17, 15) is 4.79 Å². The number of amides is 1. The fraction of sp³-hybridized carbons (Fsp3) is 0.500. The summed E-state index contributed by atoms with van der Waals surface area (Å²) >= 11 is 0. The van der Waals surface area contributed by atoms with Crippen LogP contribution in [0.5, 0.6) is 0 Å². The molecule has 0 aromatic carbocycles. The largest absolute Gasteiger partial charge is 0.465 e. The van der Waals surface area contributed by atoms with Gasteiger partial charge >= 0.3 is 0 Å². The summed E-state index contributed by atoms with van der Waals surface area (Å²) in [7, 11) is 0. The fourth-order valence-corrected chi connectivity index (χ4v) is 2.48. The van der Waals surface area contributed by atoms with Gasteiger partial charge in [-0.05, 0) is 51.3 Å². The Balaban J connectivity index is 2.03. The lowest BCUT2D eigenvalue weighted by atomic mass is 9.97. The summed E-state index contributed by atoms with van der Waals surface area (Å²) in [5, 5.41) is 0. The molecule has 0 bridgehead atoms. The molecule has 3 nitrogen and oxygen atoms in total. The van der Waals surface area contributed by atoms with Crippen molar-refractivity contribution in [2.24, 2.45) is 0 Å². The number of hydrogen-bond acceptors (Lipinski definition) is 2. The molecule has 1 aliphatic heterocycles. The van der Waals surface area contributed by atoms with Gasteiger partial charge in [-0.15, -0.1) is 0 Å². The SMILES string of the molecule is CC1CCCC(C)N1C(=O)C=Cc1ccco1. The maximum Gasteiger partial charge on any atom is 0.247 e. The molecule has 1 aliphatic rings. The van der Waals surface area contributed by atoms with Crippen LogP contribution >= 0.6 is 0 Å². The number of carbonyl (C=O) groups is 1. The predicted molar refractivity (Wildman–Crippen MR) is 67.4 cm³/mol. The van der Waals surface area contributed by atoms with Crippen molar-refractivity contribution in [3.63, 3.8) is 0 Å². The summed E-state index contributed by atoms with van der Waals surface area (Å²) < 4.78 is 5.17. The van der Waals surface area contributed by atoms with Gasteiger partial charge < -0.3 is 9.32 Å². The Hall–Kier alpha value is -1.51. The lowest BCUT2D eigenvalue weighted by molar-refractivity contribution is -0.131. The Labute approximate surface area is 102 Å². The zero-order chi connectivity index (χ0) is 12.3. The monoisotopic (exact) mass is 233 g/mol. The second kappa shape index (κ2) is 5.21. The summed E-state index contributed by atoms with van der Waals surface area (Å²) in [4.78, 5) is 14.1. The molecule has 1 fully saturated rings. The molecule has 1 amide bonds. The van der Waals surface area contributed by atoms with Crippen molar-refractivity contribution in [3.05, 3.63) is 30.2 Å². The van der Waals surface area contributed by atoms with E-state index in [0.29, 0.717) is 12.1 Å². The van der Waals surface area contributed by atoms with E-state index in [1.165, 1.54) is 6.42 Å². The number of furan rings is 1. The number of piperidine rings is 1. The molecule has 2 unspecified atom stereocenters. The van der Waals surface area contributed by atoms with Crippen molar-refractivity contribution >= 4 is 12.0 Å². The first kappa shape index (κ1) is 12.0. The van der Waals surface area contributed by atoms with Crippen molar-refractivity contribution in [1.82, 2.24) is 4.90 Å². The van der Waals surface area contributed by atoms with Crippen molar-refractivity contribution in [2.75, 3.05) is 0 Å². The van der Waals surface area contributed by atoms with Crippen LogP contribution in [0, 0.1) is 0 Å². The van der Waals surface area contributed by atoms with Gasteiger partial charge in [-0.25, -0.2) is 0 Å². The van der Waals surface area contributed by atoms with Crippen LogP contribution in [0.2, 0.25) is 0 Å². The minimum Gasteiger partial charge on any atom is -0.465 e. The van der Waals surface area contributed by atoms with E-state index in [4.69, 9.17) is 4.42 Å². The second-order valence-corrected chi connectivity index (χ2v) is 4.72. The lowest BCUT2D eigenvalue weighted by Crippen LogP contribution is -2.46. The zero-order valence-electron chi connectivity index (χ0n) is 10.4. The lowest BCUT2D eigenvalue weighted by Gasteiger charge is -2.38. The molecule has 0 N–H and O–H groups in total. The van der Waals surface area contributed by atoms with Crippen molar-refractivity contribution in [2.45, 2.75) is 45.2 Å². The molecule has 0 spiro atoms. The highest BCUT2D eigenvalue weighted by atomic mass is 16.3. The molecular formula is C14H19NO2. The van der Waals surface area contributed by atoms with Crippen LogP contribution < -0.4 is 0 Å². The molecule has 92 valence electrons. The molecular weight excluding hydrogens is 214 g/mol. The highest BCUT2D eigenvalue weighted by Gasteiger charge is 2.27. The molecule has 0 aliphatic carbocycles. The molecule has 17 heavy (non-hydrogen) atoms. The smallest absolute Gasteiger partial charge is 0.247 e. The predicted octanol–water partition coefficient (Wildman–Crippen LogP) is 3.08. The van der Waals surface area contributed by atoms with E-state index in [-0.39, 0.29) is 5.91 Å². The average molecular weight is 233 g/mol. The first-order valence-corrected chi connectivity index (χ1v) is 6.22. The van der Waals surface area contributed by atoms with E-state index < -0.39 is 0 Å². The Kier molecular flexibility index (Phi) is 3.67. The maximum atomic E-state index is 12.1. The molecule has 1 saturated heterocycles. The summed E-state index contributed by atoms with van der Waals surface area (Å²) in [5.41, 5.74) is 0. The number of likely N-dealkylation sites (tertiary alicyclic amines) is 1. The van der Waals surface area contributed by atoms with Crippen molar-refractivity contribution in [3.8, 4) is 0 Å². The Morgan fingerprint density at radius 3 is 2.71 bits per heavy atom. The Morgan fingerprint density at radius 2 is 2.12 bits per heavy atom. The van der Waals surface area contributed by atoms with Crippen LogP contribution in [-0.4, -0.2) is 22.9 Å². The van der Waals surface area contributed by atoms with Crippen LogP contribution in [0.25, 0.3) is 6.08 Å². The topological polar surface area (TPSA) is 33.5 Å². The van der Waals surface area contributed by atoms with Gasteiger partial charge in [-0.2, -0.15) is 0 Å². The average Bonchev–Trinajstić information content (AvgIpc) is 2.79. The minimum absolute atomic E-state index is 0.0844. The van der Waals surface area contributed by atoms with Gasteiger partial charge in [0.1, 0.15) is 5.76 Å². The number of nitrogens with zero attached hydrogens (tertiary/aromatic N) is 1. The van der Waals surface area contributed by atoms with E-state index in [0.717, 1.165) is 18.6 Å². The van der Waals surface area contributed by atoms with Gasteiger partial charge in [0, 0.05) is 18.2 Å². The third-order valence-corrected chi connectivity index (χ3v) is 3.38. The van der Waals surface area contributed by atoms with Gasteiger partial charge in [0.25, 0.3) is 0 Å². The summed E-state index contributed by atoms with van der Waals surface area (Å²) in [6.45, 7) is 4.24. The van der Waals surface area contributed by atoms with E-state index in [1.807, 2.05) is 17.0 Å². The standard InChI is InChI=1S/C14H19NO2/c1-11-5-3-6-12(2)15(11)14(16)9-8-13-7-4-10-17-13/h4,7-12H,3,5-6H2,1-2H3. The van der Waals surface area contributed by atoms with Gasteiger partial charge in [0.2, 0.25) is 5.91 Å². The first-order valence-electron chi connectivity index (χ1n) is 6.22. The third-order valence-electron chi connectivity index (χ3n) is 3.38.